The molecule has 2 N–H and O–H groups in total. The van der Waals surface area contributed by atoms with Crippen LogP contribution in [0.2, 0.25) is 0 Å². The Morgan fingerprint density at radius 2 is 1.96 bits per heavy atom. The summed E-state index contributed by atoms with van der Waals surface area (Å²) in [6, 6.07) is 3.93. The van der Waals surface area contributed by atoms with E-state index in [0.717, 1.165) is 16.5 Å². The highest BCUT2D eigenvalue weighted by atomic mass is 16.7. The minimum atomic E-state index is -0.477. The van der Waals surface area contributed by atoms with Crippen molar-refractivity contribution in [3.8, 4) is 5.75 Å². The molecule has 8 heteroatoms. The highest BCUT2D eigenvalue weighted by Gasteiger charge is 2.52. The molecule has 1 aromatic carbocycles. The van der Waals surface area contributed by atoms with Gasteiger partial charge in [0, 0.05) is 18.9 Å². The van der Waals surface area contributed by atoms with E-state index in [1.165, 1.54) is 0 Å². The van der Waals surface area contributed by atoms with Gasteiger partial charge in [-0.1, -0.05) is 0 Å². The van der Waals surface area contributed by atoms with Crippen molar-refractivity contribution in [1.29, 1.82) is 0 Å². The van der Waals surface area contributed by atoms with Crippen LogP contribution in [0.3, 0.4) is 0 Å². The molecule has 27 heavy (non-hydrogen) atoms. The van der Waals surface area contributed by atoms with Crippen LogP contribution in [0.15, 0.2) is 18.5 Å². The van der Waals surface area contributed by atoms with Crippen LogP contribution in [0.5, 0.6) is 5.75 Å². The van der Waals surface area contributed by atoms with Crippen LogP contribution in [-0.2, 0) is 14.1 Å². The molecule has 0 radical (unpaired) electrons. The minimum Gasteiger partial charge on any atom is -0.488 e. The number of benzene rings is 1. The second-order valence-electron chi connectivity index (χ2n) is 8.50. The fourth-order valence-corrected chi connectivity index (χ4v) is 3.50. The van der Waals surface area contributed by atoms with Crippen LogP contribution >= 0.6 is 0 Å². The number of amides is 1. The molecule has 7 nitrogen and oxygen atoms in total. The number of aromatic amines is 1. The number of nitrogens with one attached hydrogen (secondary N) is 2. The zero-order chi connectivity index (χ0) is 19.4. The first-order valence-corrected chi connectivity index (χ1v) is 9.42. The van der Waals surface area contributed by atoms with E-state index in [4.69, 9.17) is 14.0 Å². The van der Waals surface area contributed by atoms with E-state index < -0.39 is 18.3 Å². The zero-order valence-electron chi connectivity index (χ0n) is 16.5. The smallest absolute Gasteiger partial charge is 0.488 e. The Bertz CT molecular complexity index is 863. The number of fused-ring (bicyclic) bond motifs is 1. The average molecular weight is 371 g/mol. The summed E-state index contributed by atoms with van der Waals surface area (Å²) in [5.41, 5.74) is 1.69. The molecule has 0 saturated carbocycles. The summed E-state index contributed by atoms with van der Waals surface area (Å²) >= 11 is 0. The molecule has 2 atom stereocenters. The normalized spacial score (nSPS) is 25.0. The van der Waals surface area contributed by atoms with Crippen molar-refractivity contribution in [2.45, 2.75) is 58.3 Å². The molecule has 4 rings (SSSR count). The van der Waals surface area contributed by atoms with Crippen LogP contribution in [0.25, 0.3) is 11.0 Å². The van der Waals surface area contributed by atoms with Crippen LogP contribution in [0.4, 0.5) is 0 Å². The predicted octanol–water partition coefficient (Wildman–Crippen LogP) is 1.77. The SMILES string of the molecule is C[C@@H](Oc1cc(B2OC(C)(C)C(C)(C)O2)cc2[nH]cnc12)[C@H]1CNC(=O)C1. The monoisotopic (exact) mass is 371 g/mol. The Balaban J connectivity index is 1.63. The lowest BCUT2D eigenvalue weighted by Crippen LogP contribution is -2.41. The summed E-state index contributed by atoms with van der Waals surface area (Å²) in [4.78, 5) is 19.1. The van der Waals surface area contributed by atoms with Gasteiger partial charge in [-0.15, -0.1) is 0 Å². The number of hydrogen-bond acceptors (Lipinski definition) is 5. The Morgan fingerprint density at radius 1 is 1.26 bits per heavy atom. The van der Waals surface area contributed by atoms with Gasteiger partial charge in [0.15, 0.2) is 0 Å². The van der Waals surface area contributed by atoms with Crippen molar-refractivity contribution in [3.63, 3.8) is 0 Å². The van der Waals surface area contributed by atoms with Crippen molar-refractivity contribution in [2.75, 3.05) is 6.54 Å². The average Bonchev–Trinajstić information content (AvgIpc) is 3.26. The molecular weight excluding hydrogens is 345 g/mol. The number of carbonyl (C=O) groups excluding carboxylic acids is 1. The lowest BCUT2D eigenvalue weighted by molar-refractivity contribution is -0.119. The Labute approximate surface area is 159 Å². The third kappa shape index (κ3) is 3.21. The number of nitrogens with zero attached hydrogens (tertiary/aromatic N) is 1. The molecule has 2 aliphatic rings. The molecule has 2 fully saturated rings. The van der Waals surface area contributed by atoms with Gasteiger partial charge in [0.2, 0.25) is 5.91 Å². The number of imidazole rings is 1. The third-order valence-corrected chi connectivity index (χ3v) is 6.02. The van der Waals surface area contributed by atoms with Gasteiger partial charge in [0.05, 0.1) is 23.0 Å². The first kappa shape index (κ1) is 18.3. The van der Waals surface area contributed by atoms with E-state index in [-0.39, 0.29) is 17.9 Å². The fourth-order valence-electron chi connectivity index (χ4n) is 3.50. The number of H-pyrrole nitrogens is 1. The van der Waals surface area contributed by atoms with E-state index in [2.05, 4.69) is 15.3 Å². The van der Waals surface area contributed by atoms with Crippen molar-refractivity contribution >= 4 is 29.5 Å². The summed E-state index contributed by atoms with van der Waals surface area (Å²) in [5.74, 6) is 0.892. The molecule has 0 aliphatic carbocycles. The standard InChI is InChI=1S/C19H26BN3O4/c1-11(12-6-16(24)21-9-12)25-15-8-13(7-14-17(15)23-10-22-14)20-26-18(2,3)19(4,5)27-20/h7-8,10-12H,6,9H2,1-5H3,(H,21,24)(H,22,23)/t11-,12-/m1/s1. The van der Waals surface area contributed by atoms with Gasteiger partial charge < -0.3 is 24.3 Å². The van der Waals surface area contributed by atoms with Crippen LogP contribution in [0, 0.1) is 5.92 Å². The predicted molar refractivity (Wildman–Crippen MR) is 103 cm³/mol. The van der Waals surface area contributed by atoms with E-state index >= 15 is 0 Å². The molecule has 2 saturated heterocycles. The van der Waals surface area contributed by atoms with Gasteiger partial charge >= 0.3 is 7.12 Å². The van der Waals surface area contributed by atoms with Crippen LogP contribution in [-0.4, -0.2) is 46.8 Å². The maximum absolute atomic E-state index is 11.5. The summed E-state index contributed by atoms with van der Waals surface area (Å²) in [5, 5.41) is 2.86. The molecule has 2 aliphatic heterocycles. The molecule has 0 spiro atoms. The largest absolute Gasteiger partial charge is 0.495 e. The summed E-state index contributed by atoms with van der Waals surface area (Å²) in [6.07, 6.45) is 2.02. The first-order chi connectivity index (χ1) is 12.7. The topological polar surface area (TPSA) is 85.5 Å². The van der Waals surface area contributed by atoms with Crippen molar-refractivity contribution in [3.05, 3.63) is 18.5 Å². The second kappa shape index (κ2) is 6.24. The van der Waals surface area contributed by atoms with E-state index in [9.17, 15) is 4.79 Å². The maximum atomic E-state index is 11.5. The molecule has 1 amide bonds. The number of carbonyl (C=O) groups is 1. The Kier molecular flexibility index (Phi) is 4.23. The zero-order valence-corrected chi connectivity index (χ0v) is 16.5. The summed E-state index contributed by atoms with van der Waals surface area (Å²) < 4.78 is 18.6. The van der Waals surface area contributed by atoms with Crippen molar-refractivity contribution in [2.24, 2.45) is 5.92 Å². The van der Waals surface area contributed by atoms with Crippen LogP contribution < -0.4 is 15.5 Å². The minimum absolute atomic E-state index is 0.0753. The van der Waals surface area contributed by atoms with E-state index in [0.29, 0.717) is 18.7 Å². The van der Waals surface area contributed by atoms with Crippen molar-refractivity contribution < 1.29 is 18.8 Å². The van der Waals surface area contributed by atoms with Gasteiger partial charge in [-0.3, -0.25) is 4.79 Å². The van der Waals surface area contributed by atoms with E-state index in [1.807, 2.05) is 46.8 Å². The first-order valence-electron chi connectivity index (χ1n) is 9.42. The molecule has 1 aromatic heterocycles. The quantitative estimate of drug-likeness (QED) is 0.801. The maximum Gasteiger partial charge on any atom is 0.495 e. The lowest BCUT2D eigenvalue weighted by Gasteiger charge is -2.32. The van der Waals surface area contributed by atoms with Crippen molar-refractivity contribution in [1.82, 2.24) is 15.3 Å². The lowest BCUT2D eigenvalue weighted by atomic mass is 9.79. The van der Waals surface area contributed by atoms with Gasteiger partial charge in [-0.05, 0) is 52.2 Å². The Hall–Kier alpha value is -2.06. The molecule has 144 valence electrons. The van der Waals surface area contributed by atoms with Gasteiger partial charge in [-0.25, -0.2) is 4.98 Å². The molecule has 0 unspecified atom stereocenters. The number of ether oxygens (including phenoxy) is 1. The van der Waals surface area contributed by atoms with Gasteiger partial charge in [0.1, 0.15) is 17.4 Å². The molecule has 3 heterocycles. The molecule has 0 bridgehead atoms. The van der Waals surface area contributed by atoms with Gasteiger partial charge in [0.25, 0.3) is 0 Å². The summed E-state index contributed by atoms with van der Waals surface area (Å²) in [6.45, 7) is 10.8. The number of aromatic nitrogens is 2. The van der Waals surface area contributed by atoms with E-state index in [1.54, 1.807) is 6.33 Å². The third-order valence-electron chi connectivity index (χ3n) is 6.02. The molecule has 2 aromatic rings. The summed E-state index contributed by atoms with van der Waals surface area (Å²) in [7, 11) is -0.477. The number of rotatable bonds is 4. The highest BCUT2D eigenvalue weighted by Crippen LogP contribution is 2.37. The molecular formula is C19H26BN3O4. The second-order valence-corrected chi connectivity index (χ2v) is 8.50. The number of hydrogen-bond donors (Lipinski definition) is 2. The fraction of sp³-hybridized carbons (Fsp3) is 0.579. The van der Waals surface area contributed by atoms with Crippen LogP contribution in [0.1, 0.15) is 41.0 Å². The highest BCUT2D eigenvalue weighted by molar-refractivity contribution is 6.62. The Morgan fingerprint density at radius 3 is 2.59 bits per heavy atom. The van der Waals surface area contributed by atoms with Gasteiger partial charge in [-0.2, -0.15) is 0 Å².